The number of phenols is 1. The Hall–Kier alpha value is -3.13. The first-order chi connectivity index (χ1) is 12.1. The van der Waals surface area contributed by atoms with Crippen LogP contribution in [0.15, 0.2) is 52.4 Å². The Balaban J connectivity index is 1.68. The van der Waals surface area contributed by atoms with E-state index in [1.54, 1.807) is 18.2 Å². The zero-order chi connectivity index (χ0) is 17.8. The summed E-state index contributed by atoms with van der Waals surface area (Å²) in [4.78, 5) is 23.8. The number of rotatable bonds is 5. The van der Waals surface area contributed by atoms with Gasteiger partial charge in [-0.05, 0) is 35.9 Å². The number of nitrogens with one attached hydrogen (secondary N) is 1. The van der Waals surface area contributed by atoms with E-state index in [1.807, 2.05) is 18.2 Å². The maximum Gasteiger partial charge on any atom is 0.308 e. The number of hydrogen-bond acceptors (Lipinski definition) is 6. The van der Waals surface area contributed by atoms with Gasteiger partial charge >= 0.3 is 4.87 Å². The first-order valence-corrected chi connectivity index (χ1v) is 8.17. The third-order valence-electron chi connectivity index (χ3n) is 3.48. The van der Waals surface area contributed by atoms with Crippen molar-refractivity contribution in [3.05, 3.63) is 57.7 Å². The molecule has 0 spiro atoms. The third kappa shape index (κ3) is 3.69. The number of carbonyl (C=O) groups is 1. The molecule has 1 heterocycles. The summed E-state index contributed by atoms with van der Waals surface area (Å²) in [5, 5.41) is 13.4. The highest BCUT2D eigenvalue weighted by Gasteiger charge is 2.10. The summed E-state index contributed by atoms with van der Waals surface area (Å²) in [6.45, 7) is -0.112. The first-order valence-electron chi connectivity index (χ1n) is 7.36. The van der Waals surface area contributed by atoms with E-state index in [1.165, 1.54) is 24.0 Å². The van der Waals surface area contributed by atoms with Crippen molar-refractivity contribution in [1.82, 2.24) is 9.99 Å². The molecule has 2 aromatic carbocycles. The minimum Gasteiger partial charge on any atom is -0.504 e. The Morgan fingerprint density at radius 3 is 2.96 bits per heavy atom. The summed E-state index contributed by atoms with van der Waals surface area (Å²) in [5.41, 5.74) is 3.75. The second kappa shape index (κ2) is 7.18. The number of thiazole rings is 1. The number of carbonyl (C=O) groups excluding carboxylic acids is 1. The highest BCUT2D eigenvalue weighted by Crippen LogP contribution is 2.25. The van der Waals surface area contributed by atoms with E-state index >= 15 is 0 Å². The lowest BCUT2D eigenvalue weighted by Crippen LogP contribution is -2.27. The molecule has 0 aliphatic heterocycles. The number of para-hydroxylation sites is 1. The topological polar surface area (TPSA) is 92.9 Å². The van der Waals surface area contributed by atoms with Crippen molar-refractivity contribution in [3.63, 3.8) is 0 Å². The lowest BCUT2D eigenvalue weighted by atomic mass is 10.2. The van der Waals surface area contributed by atoms with E-state index in [0.717, 1.165) is 21.6 Å². The Morgan fingerprint density at radius 1 is 1.36 bits per heavy atom. The van der Waals surface area contributed by atoms with Crippen molar-refractivity contribution < 1.29 is 14.6 Å². The summed E-state index contributed by atoms with van der Waals surface area (Å²) in [7, 11) is 1.45. The van der Waals surface area contributed by atoms with Crippen LogP contribution < -0.4 is 15.0 Å². The number of methoxy groups -OCH3 is 1. The smallest absolute Gasteiger partial charge is 0.308 e. The van der Waals surface area contributed by atoms with Crippen LogP contribution in [0.2, 0.25) is 0 Å². The van der Waals surface area contributed by atoms with Crippen LogP contribution in [0, 0.1) is 0 Å². The average molecular weight is 357 g/mol. The molecular weight excluding hydrogens is 342 g/mol. The van der Waals surface area contributed by atoms with Crippen molar-refractivity contribution in [3.8, 4) is 11.5 Å². The van der Waals surface area contributed by atoms with Crippen LogP contribution in [-0.2, 0) is 11.3 Å². The van der Waals surface area contributed by atoms with Gasteiger partial charge < -0.3 is 9.84 Å². The minimum absolute atomic E-state index is 0.0207. The fraction of sp³-hybridized carbons (Fsp3) is 0.118. The van der Waals surface area contributed by atoms with Crippen LogP contribution in [0.1, 0.15) is 5.56 Å². The number of nitrogens with zero attached hydrogens (tertiary/aromatic N) is 2. The molecule has 3 rings (SSSR count). The number of amides is 1. The minimum atomic E-state index is -0.410. The van der Waals surface area contributed by atoms with Crippen LogP contribution in [0.5, 0.6) is 11.5 Å². The molecule has 0 aliphatic rings. The van der Waals surface area contributed by atoms with Gasteiger partial charge in [-0.15, -0.1) is 0 Å². The average Bonchev–Trinajstić information content (AvgIpc) is 2.92. The van der Waals surface area contributed by atoms with E-state index in [-0.39, 0.29) is 17.2 Å². The van der Waals surface area contributed by atoms with E-state index in [0.29, 0.717) is 11.3 Å². The zero-order valence-electron chi connectivity index (χ0n) is 13.3. The number of aromatic nitrogens is 1. The molecule has 0 atom stereocenters. The van der Waals surface area contributed by atoms with Crippen LogP contribution in [0.4, 0.5) is 0 Å². The van der Waals surface area contributed by atoms with Crippen molar-refractivity contribution in [1.29, 1.82) is 0 Å². The zero-order valence-corrected chi connectivity index (χ0v) is 14.1. The number of fused-ring (bicyclic) bond motifs is 1. The molecule has 1 amide bonds. The Kier molecular flexibility index (Phi) is 4.80. The summed E-state index contributed by atoms with van der Waals surface area (Å²) < 4.78 is 7.25. The molecule has 2 N–H and O–H groups in total. The van der Waals surface area contributed by atoms with Gasteiger partial charge in [-0.3, -0.25) is 14.2 Å². The summed E-state index contributed by atoms with van der Waals surface area (Å²) >= 11 is 1.10. The van der Waals surface area contributed by atoms with E-state index in [2.05, 4.69) is 10.5 Å². The highest BCUT2D eigenvalue weighted by molar-refractivity contribution is 7.16. The fourth-order valence-corrected chi connectivity index (χ4v) is 3.19. The second-order valence-corrected chi connectivity index (χ2v) is 6.14. The van der Waals surface area contributed by atoms with Crippen LogP contribution in [0.25, 0.3) is 10.2 Å². The lowest BCUT2D eigenvalue weighted by molar-refractivity contribution is -0.121. The molecule has 8 heteroatoms. The second-order valence-electron chi connectivity index (χ2n) is 5.15. The van der Waals surface area contributed by atoms with Crippen molar-refractivity contribution >= 4 is 33.7 Å². The van der Waals surface area contributed by atoms with E-state index in [9.17, 15) is 14.7 Å². The fourth-order valence-electron chi connectivity index (χ4n) is 2.30. The summed E-state index contributed by atoms with van der Waals surface area (Å²) in [6, 6.07) is 12.0. The molecule has 0 saturated carbocycles. The third-order valence-corrected chi connectivity index (χ3v) is 4.44. The highest BCUT2D eigenvalue weighted by atomic mass is 32.1. The Morgan fingerprint density at radius 2 is 2.16 bits per heavy atom. The van der Waals surface area contributed by atoms with Crippen molar-refractivity contribution in [2.75, 3.05) is 7.11 Å². The number of phenolic OH excluding ortho intramolecular Hbond substituents is 1. The standard InChI is InChI=1S/C17H15N3O4S/c1-24-14-8-11(6-7-13(14)21)9-18-19-16(22)10-20-12-4-2-3-5-15(12)25-17(20)23/h2-9,21H,10H2,1H3,(H,19,22)/b18-9+. The van der Waals surface area contributed by atoms with Gasteiger partial charge in [0.25, 0.3) is 5.91 Å². The number of hydrogen-bond donors (Lipinski definition) is 2. The molecule has 0 fully saturated rings. The van der Waals surface area contributed by atoms with Gasteiger partial charge in [-0.1, -0.05) is 23.5 Å². The number of benzene rings is 2. The number of aromatic hydroxyl groups is 1. The summed E-state index contributed by atoms with van der Waals surface area (Å²) in [5.74, 6) is -0.0772. The Bertz CT molecular complexity index is 1010. The largest absolute Gasteiger partial charge is 0.504 e. The molecule has 25 heavy (non-hydrogen) atoms. The van der Waals surface area contributed by atoms with Gasteiger partial charge in [0.2, 0.25) is 0 Å². The van der Waals surface area contributed by atoms with Gasteiger partial charge in [0.05, 0.1) is 23.5 Å². The van der Waals surface area contributed by atoms with E-state index < -0.39 is 5.91 Å². The quantitative estimate of drug-likeness (QED) is 0.539. The maximum atomic E-state index is 12.0. The van der Waals surface area contributed by atoms with Crippen molar-refractivity contribution in [2.45, 2.75) is 6.54 Å². The van der Waals surface area contributed by atoms with E-state index in [4.69, 9.17) is 4.74 Å². The number of ether oxygens (including phenoxy) is 1. The molecule has 0 bridgehead atoms. The lowest BCUT2D eigenvalue weighted by Gasteiger charge is -2.04. The normalized spacial score (nSPS) is 11.1. The molecule has 0 aliphatic carbocycles. The van der Waals surface area contributed by atoms with Gasteiger partial charge in [0.15, 0.2) is 11.5 Å². The van der Waals surface area contributed by atoms with Crippen LogP contribution in [0.3, 0.4) is 0 Å². The maximum absolute atomic E-state index is 12.0. The molecule has 0 unspecified atom stereocenters. The van der Waals surface area contributed by atoms with Crippen LogP contribution >= 0.6 is 11.3 Å². The van der Waals surface area contributed by atoms with Gasteiger partial charge in [-0.2, -0.15) is 5.10 Å². The predicted molar refractivity (Wildman–Crippen MR) is 96.5 cm³/mol. The molecular formula is C17H15N3O4S. The van der Waals surface area contributed by atoms with Gasteiger partial charge in [-0.25, -0.2) is 5.43 Å². The molecule has 3 aromatic rings. The molecule has 0 saturated heterocycles. The molecule has 128 valence electrons. The van der Waals surface area contributed by atoms with Crippen molar-refractivity contribution in [2.24, 2.45) is 5.10 Å². The Labute approximate surface area is 146 Å². The monoisotopic (exact) mass is 357 g/mol. The summed E-state index contributed by atoms with van der Waals surface area (Å²) in [6.07, 6.45) is 1.42. The SMILES string of the molecule is COc1cc(/C=N/NC(=O)Cn2c(=O)sc3ccccc32)ccc1O. The first kappa shape index (κ1) is 16.7. The van der Waals surface area contributed by atoms with Gasteiger partial charge in [0, 0.05) is 0 Å². The predicted octanol–water partition coefficient (Wildman–Crippen LogP) is 1.93. The molecule has 1 aromatic heterocycles. The van der Waals surface area contributed by atoms with Crippen LogP contribution in [-0.4, -0.2) is 28.9 Å². The molecule has 0 radical (unpaired) electrons. The van der Waals surface area contributed by atoms with Gasteiger partial charge in [0.1, 0.15) is 6.54 Å². The molecule has 7 nitrogen and oxygen atoms in total. The number of hydrazone groups is 1.